The molecule has 1 aromatic heterocycles. The zero-order valence-electron chi connectivity index (χ0n) is 23.6. The fourth-order valence-electron chi connectivity index (χ4n) is 6.42. The van der Waals surface area contributed by atoms with Gasteiger partial charge in [-0.1, -0.05) is 79.1 Å². The molecule has 206 valence electrons. The Hall–Kier alpha value is -3.34. The molecule has 0 atom stereocenters. The number of nitrogens with zero attached hydrogens (tertiary/aromatic N) is 3. The van der Waals surface area contributed by atoms with Crippen LogP contribution in [-0.2, 0) is 26.1 Å². The Morgan fingerprint density at radius 3 is 2.67 bits per heavy atom. The van der Waals surface area contributed by atoms with Gasteiger partial charge in [0.25, 0.3) is 0 Å². The molecule has 0 unspecified atom stereocenters. The van der Waals surface area contributed by atoms with Gasteiger partial charge in [0, 0.05) is 41.8 Å². The van der Waals surface area contributed by atoms with E-state index in [1.165, 1.54) is 64.7 Å². The van der Waals surface area contributed by atoms with Crippen LogP contribution in [0.15, 0.2) is 72.8 Å². The van der Waals surface area contributed by atoms with E-state index in [4.69, 9.17) is 21.3 Å². The van der Waals surface area contributed by atoms with E-state index in [9.17, 15) is 0 Å². The van der Waals surface area contributed by atoms with Gasteiger partial charge in [0.2, 0.25) is 0 Å². The van der Waals surface area contributed by atoms with Gasteiger partial charge in [-0.25, -0.2) is 4.98 Å². The van der Waals surface area contributed by atoms with Crippen molar-refractivity contribution in [3.63, 3.8) is 0 Å². The summed E-state index contributed by atoms with van der Waals surface area (Å²) in [5.74, 6) is 2.13. The topological polar surface area (TPSA) is 30.3 Å². The van der Waals surface area contributed by atoms with Gasteiger partial charge in [-0.2, -0.15) is 0 Å². The predicted octanol–water partition coefficient (Wildman–Crippen LogP) is 8.84. The van der Waals surface area contributed by atoms with E-state index >= 15 is 0 Å². The molecule has 2 aliphatic rings. The average Bonchev–Trinajstić information content (AvgIpc) is 3.53. The fraction of sp³-hybridized carbons (Fsp3) is 0.343. The zero-order chi connectivity index (χ0) is 27.5. The van der Waals surface area contributed by atoms with Crippen LogP contribution in [-0.4, -0.2) is 21.1 Å². The Morgan fingerprint density at radius 2 is 1.85 bits per heavy atom. The Labute approximate surface area is 242 Å². The highest BCUT2D eigenvalue weighted by molar-refractivity contribution is 6.30. The van der Waals surface area contributed by atoms with Crippen molar-refractivity contribution in [3.05, 3.63) is 112 Å². The molecule has 5 heteroatoms. The molecule has 1 saturated carbocycles. The first-order chi connectivity index (χ1) is 19.6. The van der Waals surface area contributed by atoms with Crippen molar-refractivity contribution in [2.75, 3.05) is 6.61 Å². The van der Waals surface area contributed by atoms with Crippen LogP contribution < -0.4 is 4.74 Å². The smallest absolute Gasteiger partial charge is 0.124 e. The number of hydrogen-bond donors (Lipinski definition) is 0. The number of allylic oxidation sites excluding steroid dienone is 3. The summed E-state index contributed by atoms with van der Waals surface area (Å²) >= 11 is 6.34. The van der Waals surface area contributed by atoms with E-state index in [1.807, 2.05) is 6.07 Å². The molecule has 1 fully saturated rings. The second kappa shape index (κ2) is 12.0. The number of aromatic nitrogens is 2. The maximum absolute atomic E-state index is 6.34. The van der Waals surface area contributed by atoms with Crippen molar-refractivity contribution >= 4 is 28.4 Å². The summed E-state index contributed by atoms with van der Waals surface area (Å²) in [7, 11) is 0. The summed E-state index contributed by atoms with van der Waals surface area (Å²) in [6.07, 6.45) is 14.7. The highest BCUT2D eigenvalue weighted by Crippen LogP contribution is 2.36. The summed E-state index contributed by atoms with van der Waals surface area (Å²) in [4.78, 5) is 7.81. The highest BCUT2D eigenvalue weighted by Gasteiger charge is 2.27. The van der Waals surface area contributed by atoms with Crippen LogP contribution in [0.4, 0.5) is 0 Å². The lowest BCUT2D eigenvalue weighted by Gasteiger charge is -2.27. The van der Waals surface area contributed by atoms with Crippen LogP contribution in [0, 0.1) is 6.92 Å². The molecule has 0 aliphatic heterocycles. The quantitative estimate of drug-likeness (QED) is 0.208. The van der Waals surface area contributed by atoms with Crippen LogP contribution in [0.25, 0.3) is 16.8 Å². The third-order valence-electron chi connectivity index (χ3n) is 8.36. The van der Waals surface area contributed by atoms with Gasteiger partial charge in [0.15, 0.2) is 0 Å². The summed E-state index contributed by atoms with van der Waals surface area (Å²) in [6, 6.07) is 19.7. The normalized spacial score (nSPS) is 15.2. The SMILES string of the molecule is CCOc1ccc2ccccc2c1CN(Cc1ccc(Cl)cc1C)Cc1nc2c(n1C1CCCC1)CC=CC=C2. The van der Waals surface area contributed by atoms with Crippen molar-refractivity contribution in [1.29, 1.82) is 0 Å². The monoisotopic (exact) mass is 551 g/mol. The van der Waals surface area contributed by atoms with Crippen molar-refractivity contribution < 1.29 is 4.74 Å². The Balaban J connectivity index is 1.43. The van der Waals surface area contributed by atoms with E-state index in [0.717, 1.165) is 42.5 Å². The average molecular weight is 552 g/mol. The molecular formula is C35H38ClN3O. The number of fused-ring (bicyclic) bond motifs is 2. The largest absolute Gasteiger partial charge is 0.494 e. The molecule has 0 amide bonds. The van der Waals surface area contributed by atoms with Gasteiger partial charge < -0.3 is 9.30 Å². The maximum atomic E-state index is 6.34. The van der Waals surface area contributed by atoms with Crippen LogP contribution in [0.1, 0.15) is 72.6 Å². The molecule has 1 heterocycles. The lowest BCUT2D eigenvalue weighted by molar-refractivity contribution is 0.229. The van der Waals surface area contributed by atoms with Crippen molar-refractivity contribution in [1.82, 2.24) is 14.5 Å². The number of hydrogen-bond acceptors (Lipinski definition) is 3. The second-order valence-electron chi connectivity index (χ2n) is 11.1. The van der Waals surface area contributed by atoms with Gasteiger partial charge in [-0.15, -0.1) is 0 Å². The van der Waals surface area contributed by atoms with Crippen molar-refractivity contribution in [2.24, 2.45) is 0 Å². The molecule has 0 saturated heterocycles. The summed E-state index contributed by atoms with van der Waals surface area (Å²) in [6.45, 7) is 7.17. The lowest BCUT2D eigenvalue weighted by Crippen LogP contribution is -2.26. The van der Waals surface area contributed by atoms with E-state index in [2.05, 4.69) is 96.1 Å². The molecular weight excluding hydrogens is 514 g/mol. The first-order valence-corrected chi connectivity index (χ1v) is 15.0. The van der Waals surface area contributed by atoms with Gasteiger partial charge in [0.05, 0.1) is 18.8 Å². The molecule has 0 spiro atoms. The number of ether oxygens (including phenoxy) is 1. The number of benzene rings is 3. The van der Waals surface area contributed by atoms with Crippen LogP contribution >= 0.6 is 11.6 Å². The standard InChI is InChI=1S/C35H38ClN3O/c1-3-40-34-20-18-26-11-7-10-14-30(26)31(34)23-38(22-27-17-19-28(36)21-25(27)2)24-35-37-32-15-5-4-6-16-33(32)39(35)29-12-8-9-13-29/h4-7,10-11,14-15,17-21,29H,3,8-9,12-13,16,22-24H2,1-2H3. The number of halogens is 1. The minimum absolute atomic E-state index is 0.529. The summed E-state index contributed by atoms with van der Waals surface area (Å²) in [5.41, 5.74) is 6.20. The lowest BCUT2D eigenvalue weighted by atomic mass is 10.0. The first kappa shape index (κ1) is 26.9. The van der Waals surface area contributed by atoms with E-state index < -0.39 is 0 Å². The Kier molecular flexibility index (Phi) is 8.08. The molecule has 40 heavy (non-hydrogen) atoms. The zero-order valence-corrected chi connectivity index (χ0v) is 24.3. The van der Waals surface area contributed by atoms with Crippen molar-refractivity contribution in [3.8, 4) is 5.75 Å². The van der Waals surface area contributed by atoms with Gasteiger partial charge in [-0.3, -0.25) is 4.90 Å². The first-order valence-electron chi connectivity index (χ1n) is 14.6. The van der Waals surface area contributed by atoms with E-state index in [0.29, 0.717) is 12.6 Å². The summed E-state index contributed by atoms with van der Waals surface area (Å²) < 4.78 is 8.78. The maximum Gasteiger partial charge on any atom is 0.124 e. The fourth-order valence-corrected chi connectivity index (χ4v) is 6.65. The van der Waals surface area contributed by atoms with Crippen LogP contribution in [0.5, 0.6) is 5.75 Å². The van der Waals surface area contributed by atoms with Gasteiger partial charge in [0.1, 0.15) is 11.6 Å². The molecule has 4 nitrogen and oxygen atoms in total. The van der Waals surface area contributed by atoms with Crippen molar-refractivity contribution in [2.45, 2.75) is 71.6 Å². The van der Waals surface area contributed by atoms with Gasteiger partial charge >= 0.3 is 0 Å². The minimum atomic E-state index is 0.529. The summed E-state index contributed by atoms with van der Waals surface area (Å²) in [5, 5.41) is 3.26. The third kappa shape index (κ3) is 5.61. The highest BCUT2D eigenvalue weighted by atomic mass is 35.5. The Bertz CT molecular complexity index is 1560. The predicted molar refractivity (Wildman–Crippen MR) is 166 cm³/mol. The molecule has 0 radical (unpaired) electrons. The second-order valence-corrected chi connectivity index (χ2v) is 11.5. The molecule has 0 bridgehead atoms. The van der Waals surface area contributed by atoms with E-state index in [1.54, 1.807) is 0 Å². The Morgan fingerprint density at radius 1 is 1.00 bits per heavy atom. The van der Waals surface area contributed by atoms with Gasteiger partial charge in [-0.05, 0) is 72.9 Å². The third-order valence-corrected chi connectivity index (χ3v) is 8.59. The number of aryl methyl sites for hydroxylation is 1. The molecule has 2 aliphatic carbocycles. The van der Waals surface area contributed by atoms with Crippen LogP contribution in [0.3, 0.4) is 0 Å². The molecule has 6 rings (SSSR count). The molecule has 4 aromatic rings. The number of imidazole rings is 1. The molecule has 0 N–H and O–H groups in total. The minimum Gasteiger partial charge on any atom is -0.494 e. The number of rotatable bonds is 9. The van der Waals surface area contributed by atoms with E-state index in [-0.39, 0.29) is 0 Å². The molecule has 3 aromatic carbocycles. The van der Waals surface area contributed by atoms with Crippen LogP contribution in [0.2, 0.25) is 5.02 Å².